The van der Waals surface area contributed by atoms with Gasteiger partial charge in [0.1, 0.15) is 6.26 Å². The molecule has 0 unspecified atom stereocenters. The zero-order chi connectivity index (χ0) is 16.1. The molecule has 2 amide bonds. The zero-order valence-electron chi connectivity index (χ0n) is 13.6. The summed E-state index contributed by atoms with van der Waals surface area (Å²) in [6.07, 6.45) is 11.8. The van der Waals surface area contributed by atoms with Crippen molar-refractivity contribution in [2.24, 2.45) is 5.92 Å². The first-order valence-corrected chi connectivity index (χ1v) is 8.86. The summed E-state index contributed by atoms with van der Waals surface area (Å²) in [5, 5.41) is 3.24. The standard InChI is InChI=1S/C18H26N2O3/c21-17(19-16-5-3-1-2-4-6-16)14-7-10-20(11-8-14)18(22)15-9-12-23-13-15/h9,12-14,16H,1-8,10-11H2,(H,19,21). The highest BCUT2D eigenvalue weighted by molar-refractivity contribution is 5.94. The lowest BCUT2D eigenvalue weighted by Crippen LogP contribution is -2.45. The maximum absolute atomic E-state index is 12.5. The fourth-order valence-electron chi connectivity index (χ4n) is 3.66. The van der Waals surface area contributed by atoms with E-state index in [2.05, 4.69) is 5.32 Å². The van der Waals surface area contributed by atoms with E-state index in [0.29, 0.717) is 24.7 Å². The number of carbonyl (C=O) groups excluding carboxylic acids is 2. The minimum Gasteiger partial charge on any atom is -0.472 e. The van der Waals surface area contributed by atoms with Gasteiger partial charge in [-0.15, -0.1) is 0 Å². The fourth-order valence-corrected chi connectivity index (χ4v) is 3.66. The lowest BCUT2D eigenvalue weighted by Gasteiger charge is -2.32. The first-order valence-electron chi connectivity index (χ1n) is 8.86. The lowest BCUT2D eigenvalue weighted by atomic mass is 9.94. The Morgan fingerprint density at radius 2 is 1.74 bits per heavy atom. The van der Waals surface area contributed by atoms with Gasteiger partial charge in [-0.1, -0.05) is 25.7 Å². The van der Waals surface area contributed by atoms with Crippen molar-refractivity contribution in [3.05, 3.63) is 24.2 Å². The Kier molecular flexibility index (Phi) is 5.36. The Bertz CT molecular complexity index is 510. The van der Waals surface area contributed by atoms with Crippen molar-refractivity contribution in [2.75, 3.05) is 13.1 Å². The van der Waals surface area contributed by atoms with Gasteiger partial charge in [-0.25, -0.2) is 0 Å². The van der Waals surface area contributed by atoms with Crippen molar-refractivity contribution in [2.45, 2.75) is 57.4 Å². The number of hydrogen-bond acceptors (Lipinski definition) is 3. The van der Waals surface area contributed by atoms with Gasteiger partial charge in [-0.3, -0.25) is 9.59 Å². The van der Waals surface area contributed by atoms with Gasteiger partial charge in [0, 0.05) is 25.0 Å². The van der Waals surface area contributed by atoms with Crippen LogP contribution in [0.1, 0.15) is 61.7 Å². The van der Waals surface area contributed by atoms with Crippen LogP contribution in [0.15, 0.2) is 23.0 Å². The first kappa shape index (κ1) is 16.1. The highest BCUT2D eigenvalue weighted by Crippen LogP contribution is 2.22. The van der Waals surface area contributed by atoms with Crippen molar-refractivity contribution >= 4 is 11.8 Å². The Labute approximate surface area is 137 Å². The molecule has 2 fully saturated rings. The Morgan fingerprint density at radius 3 is 2.35 bits per heavy atom. The summed E-state index contributed by atoms with van der Waals surface area (Å²) < 4.78 is 4.97. The molecule has 1 aliphatic heterocycles. The second-order valence-electron chi connectivity index (χ2n) is 6.78. The summed E-state index contributed by atoms with van der Waals surface area (Å²) in [4.78, 5) is 26.5. The lowest BCUT2D eigenvalue weighted by molar-refractivity contribution is -0.127. The van der Waals surface area contributed by atoms with E-state index >= 15 is 0 Å². The molecule has 5 heteroatoms. The van der Waals surface area contributed by atoms with Gasteiger partial charge in [0.25, 0.3) is 5.91 Å². The van der Waals surface area contributed by atoms with Crippen molar-refractivity contribution < 1.29 is 14.0 Å². The summed E-state index contributed by atoms with van der Waals surface area (Å²) in [6.45, 7) is 1.29. The van der Waals surface area contributed by atoms with Crippen LogP contribution < -0.4 is 5.32 Å². The molecule has 0 spiro atoms. The maximum Gasteiger partial charge on any atom is 0.257 e. The van der Waals surface area contributed by atoms with Crippen LogP contribution in [0, 0.1) is 5.92 Å². The van der Waals surface area contributed by atoms with Crippen LogP contribution in [0.5, 0.6) is 0 Å². The summed E-state index contributed by atoms with van der Waals surface area (Å²) in [5.41, 5.74) is 0.589. The summed E-state index contributed by atoms with van der Waals surface area (Å²) in [6, 6.07) is 2.04. The zero-order valence-corrected chi connectivity index (χ0v) is 13.6. The predicted octanol–water partition coefficient (Wildman–Crippen LogP) is 2.97. The number of nitrogens with zero attached hydrogens (tertiary/aromatic N) is 1. The summed E-state index contributed by atoms with van der Waals surface area (Å²) in [7, 11) is 0. The SMILES string of the molecule is O=C(NC1CCCCCC1)C1CCN(C(=O)c2ccoc2)CC1. The molecular formula is C18H26N2O3. The average molecular weight is 318 g/mol. The van der Waals surface area contributed by atoms with Crippen LogP contribution in [-0.4, -0.2) is 35.8 Å². The third-order valence-corrected chi connectivity index (χ3v) is 5.12. The highest BCUT2D eigenvalue weighted by atomic mass is 16.3. The quantitative estimate of drug-likeness (QED) is 0.872. The maximum atomic E-state index is 12.5. The molecule has 0 radical (unpaired) electrons. The van der Waals surface area contributed by atoms with E-state index in [1.165, 1.54) is 38.2 Å². The van der Waals surface area contributed by atoms with Crippen molar-refractivity contribution in [1.82, 2.24) is 10.2 Å². The second kappa shape index (κ2) is 7.66. The number of amides is 2. The van der Waals surface area contributed by atoms with Crippen LogP contribution in [0.2, 0.25) is 0 Å². The summed E-state index contributed by atoms with van der Waals surface area (Å²) >= 11 is 0. The number of carbonyl (C=O) groups is 2. The van der Waals surface area contributed by atoms with Gasteiger partial charge in [-0.2, -0.15) is 0 Å². The van der Waals surface area contributed by atoms with Gasteiger partial charge in [0.2, 0.25) is 5.91 Å². The van der Waals surface area contributed by atoms with Crippen LogP contribution in [-0.2, 0) is 4.79 Å². The molecule has 2 heterocycles. The molecule has 0 bridgehead atoms. The molecule has 1 N–H and O–H groups in total. The number of likely N-dealkylation sites (tertiary alicyclic amines) is 1. The molecule has 1 saturated heterocycles. The Morgan fingerprint density at radius 1 is 1.04 bits per heavy atom. The van der Waals surface area contributed by atoms with Gasteiger partial charge in [0.15, 0.2) is 0 Å². The molecule has 1 aromatic rings. The molecule has 0 aromatic carbocycles. The fraction of sp³-hybridized carbons (Fsp3) is 0.667. The smallest absolute Gasteiger partial charge is 0.257 e. The van der Waals surface area contributed by atoms with Crippen LogP contribution in [0.4, 0.5) is 0 Å². The van der Waals surface area contributed by atoms with Gasteiger partial charge >= 0.3 is 0 Å². The normalized spacial score (nSPS) is 21.0. The van der Waals surface area contributed by atoms with E-state index < -0.39 is 0 Å². The van der Waals surface area contributed by atoms with E-state index in [-0.39, 0.29) is 17.7 Å². The third-order valence-electron chi connectivity index (χ3n) is 5.12. The molecule has 1 aromatic heterocycles. The van der Waals surface area contributed by atoms with Gasteiger partial charge in [-0.05, 0) is 31.7 Å². The van der Waals surface area contributed by atoms with E-state index in [1.54, 1.807) is 6.07 Å². The van der Waals surface area contributed by atoms with Crippen molar-refractivity contribution in [3.8, 4) is 0 Å². The number of piperidine rings is 1. The number of furan rings is 1. The van der Waals surface area contributed by atoms with E-state index in [1.807, 2.05) is 4.90 Å². The van der Waals surface area contributed by atoms with Crippen LogP contribution >= 0.6 is 0 Å². The largest absolute Gasteiger partial charge is 0.472 e. The minimum atomic E-state index is 0.00127. The third kappa shape index (κ3) is 4.15. The minimum absolute atomic E-state index is 0.00127. The summed E-state index contributed by atoms with van der Waals surface area (Å²) in [5.74, 6) is 0.236. The van der Waals surface area contributed by atoms with Crippen LogP contribution in [0.25, 0.3) is 0 Å². The Balaban J connectivity index is 1.46. The molecule has 126 valence electrons. The molecule has 1 aliphatic carbocycles. The van der Waals surface area contributed by atoms with Gasteiger partial charge in [0.05, 0.1) is 11.8 Å². The molecule has 0 atom stereocenters. The monoisotopic (exact) mass is 318 g/mol. The van der Waals surface area contributed by atoms with Crippen molar-refractivity contribution in [3.63, 3.8) is 0 Å². The first-order chi connectivity index (χ1) is 11.2. The van der Waals surface area contributed by atoms with Crippen LogP contribution in [0.3, 0.4) is 0 Å². The predicted molar refractivity (Wildman–Crippen MR) is 87.0 cm³/mol. The molecular weight excluding hydrogens is 292 g/mol. The number of hydrogen-bond donors (Lipinski definition) is 1. The van der Waals surface area contributed by atoms with E-state index in [0.717, 1.165) is 25.7 Å². The highest BCUT2D eigenvalue weighted by Gasteiger charge is 2.29. The molecule has 3 rings (SSSR count). The van der Waals surface area contributed by atoms with E-state index in [9.17, 15) is 9.59 Å². The van der Waals surface area contributed by atoms with E-state index in [4.69, 9.17) is 4.42 Å². The number of rotatable bonds is 3. The number of nitrogens with one attached hydrogen (secondary N) is 1. The molecule has 2 aliphatic rings. The molecule has 5 nitrogen and oxygen atoms in total. The molecule has 23 heavy (non-hydrogen) atoms. The van der Waals surface area contributed by atoms with Gasteiger partial charge < -0.3 is 14.6 Å². The Hall–Kier alpha value is -1.78. The second-order valence-corrected chi connectivity index (χ2v) is 6.78. The topological polar surface area (TPSA) is 62.6 Å². The van der Waals surface area contributed by atoms with Crippen molar-refractivity contribution in [1.29, 1.82) is 0 Å². The average Bonchev–Trinajstić information content (AvgIpc) is 3.00. The molecule has 1 saturated carbocycles.